The second-order valence-corrected chi connectivity index (χ2v) is 12.6. The summed E-state index contributed by atoms with van der Waals surface area (Å²) in [7, 11) is 0. The quantitative estimate of drug-likeness (QED) is 0.197. The van der Waals surface area contributed by atoms with Gasteiger partial charge in [0.15, 0.2) is 0 Å². The van der Waals surface area contributed by atoms with E-state index in [1.807, 2.05) is 11.3 Å². The van der Waals surface area contributed by atoms with Crippen molar-refractivity contribution < 1.29 is 0 Å². The summed E-state index contributed by atoms with van der Waals surface area (Å²) >= 11 is 1.94. The number of hydrogen-bond donors (Lipinski definition) is 1. The van der Waals surface area contributed by atoms with Crippen LogP contribution in [0.15, 0.2) is 158 Å². The fraction of sp³-hybridized carbons (Fsp3) is 0.0476. The van der Waals surface area contributed by atoms with Crippen LogP contribution in [0.3, 0.4) is 0 Å². The highest BCUT2D eigenvalue weighted by Crippen LogP contribution is 2.41. The molecular weight excluding hydrogens is 565 g/mol. The predicted molar refractivity (Wildman–Crippen MR) is 194 cm³/mol. The number of benzene rings is 6. The van der Waals surface area contributed by atoms with E-state index in [1.54, 1.807) is 0 Å². The molecular formula is C42H32N2S. The number of thiophene rings is 1. The van der Waals surface area contributed by atoms with Crippen LogP contribution in [-0.2, 0) is 6.42 Å². The Morgan fingerprint density at radius 2 is 1.11 bits per heavy atom. The number of aryl methyl sites for hydroxylation is 1. The number of nitrogens with one attached hydrogen (secondary N) is 1. The summed E-state index contributed by atoms with van der Waals surface area (Å²) < 4.78 is 1.36. The van der Waals surface area contributed by atoms with E-state index >= 15 is 0 Å². The molecule has 6 aromatic carbocycles. The van der Waals surface area contributed by atoms with Gasteiger partial charge in [0.25, 0.3) is 0 Å². The molecule has 1 aromatic heterocycles. The average molecular weight is 597 g/mol. The highest BCUT2D eigenvalue weighted by molar-refractivity contribution is 7.19. The van der Waals surface area contributed by atoms with E-state index in [1.165, 1.54) is 42.8 Å². The van der Waals surface area contributed by atoms with Gasteiger partial charge in [0.2, 0.25) is 0 Å². The fourth-order valence-electron chi connectivity index (χ4n) is 6.26. The minimum absolute atomic E-state index is 1.04. The zero-order chi connectivity index (χ0) is 30.0. The summed E-state index contributed by atoms with van der Waals surface area (Å²) in [6.07, 6.45) is 6.89. The minimum atomic E-state index is 1.04. The molecule has 0 atom stereocenters. The molecule has 8 rings (SSSR count). The molecule has 0 fully saturated rings. The van der Waals surface area contributed by atoms with Gasteiger partial charge in [-0.1, -0.05) is 91.0 Å². The molecule has 1 heterocycles. The fourth-order valence-corrected chi connectivity index (χ4v) is 7.45. The molecule has 216 valence electrons. The number of allylic oxidation sites excluding steroid dienone is 1. The Morgan fingerprint density at radius 3 is 1.78 bits per heavy atom. The maximum absolute atomic E-state index is 3.70. The summed E-state index contributed by atoms with van der Waals surface area (Å²) in [4.78, 5) is 3.85. The molecule has 1 aliphatic rings. The highest BCUT2D eigenvalue weighted by Gasteiger charge is 2.17. The third kappa shape index (κ3) is 5.55. The van der Waals surface area contributed by atoms with Gasteiger partial charge in [-0.15, -0.1) is 11.3 Å². The van der Waals surface area contributed by atoms with E-state index in [0.717, 1.165) is 41.3 Å². The van der Waals surface area contributed by atoms with E-state index in [-0.39, 0.29) is 0 Å². The van der Waals surface area contributed by atoms with Crippen molar-refractivity contribution in [2.24, 2.45) is 0 Å². The number of anilines is 5. The van der Waals surface area contributed by atoms with Gasteiger partial charge < -0.3 is 10.2 Å². The van der Waals surface area contributed by atoms with Gasteiger partial charge in [0.1, 0.15) is 0 Å². The number of fused-ring (bicyclic) bond motifs is 3. The van der Waals surface area contributed by atoms with Gasteiger partial charge in [-0.05, 0) is 113 Å². The van der Waals surface area contributed by atoms with E-state index in [4.69, 9.17) is 0 Å². The molecule has 0 saturated carbocycles. The molecule has 45 heavy (non-hydrogen) atoms. The van der Waals surface area contributed by atoms with E-state index in [2.05, 4.69) is 174 Å². The first kappa shape index (κ1) is 27.2. The summed E-state index contributed by atoms with van der Waals surface area (Å²) in [5.41, 5.74) is 11.7. The van der Waals surface area contributed by atoms with E-state index in [0.29, 0.717) is 0 Å². The standard InChI is InChI=1S/C42H32N2S/c1-4-12-30(13-5-1)32-26-33(31-14-6-2-7-15-31)28-35(27-32)43-34-20-22-37(23-21-34)44(36-16-8-3-9-17-36)38-24-25-42-40(29-38)39-18-10-11-19-41(39)45-42/h1-10,12-18,20-29,43H,11,19H2. The summed E-state index contributed by atoms with van der Waals surface area (Å²) in [6, 6.07) is 54.2. The third-order valence-corrected chi connectivity index (χ3v) is 9.69. The van der Waals surface area contributed by atoms with Crippen LogP contribution < -0.4 is 10.2 Å². The van der Waals surface area contributed by atoms with Crippen LogP contribution >= 0.6 is 11.3 Å². The van der Waals surface area contributed by atoms with Crippen molar-refractivity contribution in [2.45, 2.75) is 12.8 Å². The number of rotatable bonds is 7. The van der Waals surface area contributed by atoms with Crippen LogP contribution in [0.2, 0.25) is 0 Å². The van der Waals surface area contributed by atoms with Crippen LogP contribution in [-0.4, -0.2) is 0 Å². The Labute approximate surface area is 268 Å². The Balaban J connectivity index is 1.15. The van der Waals surface area contributed by atoms with Crippen LogP contribution in [0, 0.1) is 0 Å². The number of nitrogens with zero attached hydrogens (tertiary/aromatic N) is 1. The molecule has 0 aliphatic heterocycles. The Hall–Kier alpha value is -5.38. The lowest BCUT2D eigenvalue weighted by molar-refractivity contribution is 1.02. The smallest absolute Gasteiger partial charge is 0.0468 e. The van der Waals surface area contributed by atoms with Crippen molar-refractivity contribution in [3.63, 3.8) is 0 Å². The first-order valence-electron chi connectivity index (χ1n) is 15.5. The van der Waals surface area contributed by atoms with Crippen molar-refractivity contribution in [3.05, 3.63) is 168 Å². The van der Waals surface area contributed by atoms with Gasteiger partial charge >= 0.3 is 0 Å². The molecule has 0 bridgehead atoms. The lowest BCUT2D eigenvalue weighted by atomic mass is 9.98. The second kappa shape index (κ2) is 12.0. The van der Waals surface area contributed by atoms with Crippen molar-refractivity contribution in [1.29, 1.82) is 0 Å². The lowest BCUT2D eigenvalue weighted by Crippen LogP contribution is -2.09. The third-order valence-electron chi connectivity index (χ3n) is 8.44. The zero-order valence-electron chi connectivity index (χ0n) is 24.9. The molecule has 0 unspecified atom stereocenters. The molecule has 0 amide bonds. The minimum Gasteiger partial charge on any atom is -0.355 e. The number of para-hydroxylation sites is 1. The number of hydrogen-bond acceptors (Lipinski definition) is 3. The topological polar surface area (TPSA) is 15.3 Å². The van der Waals surface area contributed by atoms with Crippen molar-refractivity contribution >= 4 is 55.9 Å². The lowest BCUT2D eigenvalue weighted by Gasteiger charge is -2.26. The van der Waals surface area contributed by atoms with E-state index < -0.39 is 0 Å². The van der Waals surface area contributed by atoms with Crippen molar-refractivity contribution in [1.82, 2.24) is 0 Å². The highest BCUT2D eigenvalue weighted by atomic mass is 32.1. The Kier molecular flexibility index (Phi) is 7.22. The summed E-state index contributed by atoms with van der Waals surface area (Å²) in [6.45, 7) is 0. The van der Waals surface area contributed by atoms with Gasteiger partial charge in [-0.2, -0.15) is 0 Å². The Morgan fingerprint density at radius 1 is 0.511 bits per heavy atom. The molecule has 2 nitrogen and oxygen atoms in total. The van der Waals surface area contributed by atoms with Gasteiger partial charge in [-0.3, -0.25) is 0 Å². The van der Waals surface area contributed by atoms with Crippen molar-refractivity contribution in [3.8, 4) is 22.3 Å². The molecule has 0 spiro atoms. The summed E-state index contributed by atoms with van der Waals surface area (Å²) in [5, 5.41) is 5.04. The maximum Gasteiger partial charge on any atom is 0.0468 e. The molecule has 1 aliphatic carbocycles. The summed E-state index contributed by atoms with van der Waals surface area (Å²) in [5.74, 6) is 0. The van der Waals surface area contributed by atoms with Crippen LogP contribution in [0.4, 0.5) is 28.4 Å². The van der Waals surface area contributed by atoms with Crippen LogP contribution in [0.5, 0.6) is 0 Å². The molecule has 3 heteroatoms. The van der Waals surface area contributed by atoms with Crippen LogP contribution in [0.1, 0.15) is 16.9 Å². The second-order valence-electron chi connectivity index (χ2n) is 11.4. The maximum atomic E-state index is 3.70. The molecule has 7 aromatic rings. The Bertz CT molecular complexity index is 2050. The zero-order valence-corrected chi connectivity index (χ0v) is 25.7. The average Bonchev–Trinajstić information content (AvgIpc) is 3.48. The van der Waals surface area contributed by atoms with E-state index in [9.17, 15) is 0 Å². The monoisotopic (exact) mass is 596 g/mol. The molecule has 0 saturated heterocycles. The van der Waals surface area contributed by atoms with Crippen LogP contribution in [0.25, 0.3) is 38.4 Å². The normalized spacial score (nSPS) is 12.2. The van der Waals surface area contributed by atoms with Gasteiger partial charge in [0.05, 0.1) is 0 Å². The SMILES string of the molecule is C1=Cc2c(sc3ccc(N(c4ccccc4)c4ccc(Nc5cc(-c6ccccc6)cc(-c6ccccc6)c5)cc4)cc23)CC1. The van der Waals surface area contributed by atoms with Crippen molar-refractivity contribution in [2.75, 3.05) is 10.2 Å². The predicted octanol–water partition coefficient (Wildman–Crippen LogP) is 12.4. The molecule has 0 radical (unpaired) electrons. The first-order valence-corrected chi connectivity index (χ1v) is 16.3. The van der Waals surface area contributed by atoms with Gasteiger partial charge in [0, 0.05) is 43.4 Å². The largest absolute Gasteiger partial charge is 0.355 e. The van der Waals surface area contributed by atoms with Gasteiger partial charge in [-0.25, -0.2) is 0 Å². The molecule has 1 N–H and O–H groups in total. The first-order chi connectivity index (χ1) is 22.3.